The molecule has 1 amide bonds. The monoisotopic (exact) mass is 413 g/mol. The van der Waals surface area contributed by atoms with E-state index in [1.54, 1.807) is 30.3 Å². The third-order valence-electron chi connectivity index (χ3n) is 5.05. The number of ether oxygens (including phenoxy) is 4. The molecule has 0 aromatic heterocycles. The fraction of sp³-hybridized carbons (Fsp3) is 0.364. The zero-order chi connectivity index (χ0) is 21.1. The molecule has 0 aliphatic carbocycles. The van der Waals surface area contributed by atoms with Crippen LogP contribution in [0.15, 0.2) is 60.7 Å². The first-order valence-electron chi connectivity index (χ1n) is 9.71. The molecule has 2 N–H and O–H groups in total. The number of nitrogens with one attached hydrogen (secondary N) is 1. The molecule has 4 rings (SSSR count). The zero-order valence-corrected chi connectivity index (χ0v) is 16.3. The van der Waals surface area contributed by atoms with Gasteiger partial charge < -0.3 is 29.4 Å². The second kappa shape index (κ2) is 8.93. The summed E-state index contributed by atoms with van der Waals surface area (Å²) in [5, 5.41) is 13.1. The molecule has 8 nitrogen and oxygen atoms in total. The number of amides is 1. The number of carbonyl (C=O) groups is 2. The predicted molar refractivity (Wildman–Crippen MR) is 104 cm³/mol. The van der Waals surface area contributed by atoms with Crippen LogP contribution in [-0.2, 0) is 23.7 Å². The van der Waals surface area contributed by atoms with Crippen molar-refractivity contribution in [3.63, 3.8) is 0 Å². The molecule has 2 saturated heterocycles. The van der Waals surface area contributed by atoms with Gasteiger partial charge in [0, 0.05) is 12.5 Å². The molecule has 2 fully saturated rings. The Labute approximate surface area is 173 Å². The van der Waals surface area contributed by atoms with Gasteiger partial charge in [0.15, 0.2) is 18.7 Å². The van der Waals surface area contributed by atoms with E-state index in [0.29, 0.717) is 5.56 Å². The van der Waals surface area contributed by atoms with Crippen LogP contribution in [0.25, 0.3) is 0 Å². The number of hydrogen-bond acceptors (Lipinski definition) is 7. The highest BCUT2D eigenvalue weighted by molar-refractivity contribution is 5.89. The highest BCUT2D eigenvalue weighted by atomic mass is 16.7. The van der Waals surface area contributed by atoms with E-state index in [-0.39, 0.29) is 6.61 Å². The van der Waals surface area contributed by atoms with Crippen molar-refractivity contribution < 1.29 is 33.6 Å². The molecule has 30 heavy (non-hydrogen) atoms. The first-order valence-corrected chi connectivity index (χ1v) is 9.71. The summed E-state index contributed by atoms with van der Waals surface area (Å²) < 4.78 is 23.2. The van der Waals surface area contributed by atoms with E-state index in [4.69, 9.17) is 18.9 Å². The zero-order valence-electron chi connectivity index (χ0n) is 16.3. The lowest BCUT2D eigenvalue weighted by atomic mass is 9.95. The van der Waals surface area contributed by atoms with Gasteiger partial charge in [-0.3, -0.25) is 4.79 Å². The van der Waals surface area contributed by atoms with E-state index in [2.05, 4.69) is 5.32 Å². The van der Waals surface area contributed by atoms with Crippen molar-refractivity contribution in [2.24, 2.45) is 0 Å². The van der Waals surface area contributed by atoms with Crippen LogP contribution >= 0.6 is 0 Å². The first-order chi connectivity index (χ1) is 14.5. The maximum atomic E-state index is 12.7. The molecule has 8 heteroatoms. The van der Waals surface area contributed by atoms with Crippen molar-refractivity contribution in [2.45, 2.75) is 43.9 Å². The normalized spacial score (nSPS) is 30.7. The summed E-state index contributed by atoms with van der Waals surface area (Å²) >= 11 is 0. The van der Waals surface area contributed by atoms with Gasteiger partial charge in [0.1, 0.15) is 18.2 Å². The molecule has 0 unspecified atom stereocenters. The summed E-state index contributed by atoms with van der Waals surface area (Å²) in [6, 6.07) is 16.8. The third kappa shape index (κ3) is 4.36. The second-order valence-corrected chi connectivity index (χ2v) is 7.20. The Hall–Kier alpha value is -2.78. The smallest absolute Gasteiger partial charge is 0.338 e. The molecule has 2 aliphatic rings. The van der Waals surface area contributed by atoms with Crippen LogP contribution in [0.4, 0.5) is 0 Å². The van der Waals surface area contributed by atoms with Crippen LogP contribution in [0.5, 0.6) is 0 Å². The van der Waals surface area contributed by atoms with Crippen LogP contribution < -0.4 is 5.32 Å². The topological polar surface area (TPSA) is 103 Å². The molecule has 2 aliphatic heterocycles. The van der Waals surface area contributed by atoms with Gasteiger partial charge in [-0.15, -0.1) is 0 Å². The Morgan fingerprint density at radius 2 is 1.70 bits per heavy atom. The van der Waals surface area contributed by atoms with Gasteiger partial charge in [0.2, 0.25) is 5.91 Å². The quantitative estimate of drug-likeness (QED) is 0.733. The third-order valence-corrected chi connectivity index (χ3v) is 5.05. The lowest BCUT2D eigenvalue weighted by Crippen LogP contribution is -2.67. The lowest BCUT2D eigenvalue weighted by Gasteiger charge is -2.47. The number of hydrogen-bond donors (Lipinski definition) is 2. The standard InChI is InChI=1S/C22H23NO7/c1-13(24)23-17-19(29-20(25)14-8-4-2-5-9-14)18-16(28-21(17)26)12-27-22(30-18)15-10-6-3-7-11-15/h2-11,16-19,21-22,26H,12H2,1H3,(H,23,24)/t16-,17-,18-,19-,21+,22-/m1/s1. The maximum Gasteiger partial charge on any atom is 0.338 e. The Morgan fingerprint density at radius 1 is 1.03 bits per heavy atom. The Balaban J connectivity index is 1.61. The molecule has 158 valence electrons. The van der Waals surface area contributed by atoms with Crippen molar-refractivity contribution in [1.82, 2.24) is 5.32 Å². The maximum absolute atomic E-state index is 12.7. The van der Waals surface area contributed by atoms with E-state index in [0.717, 1.165) is 5.56 Å². The summed E-state index contributed by atoms with van der Waals surface area (Å²) in [5.41, 5.74) is 1.15. The van der Waals surface area contributed by atoms with Crippen LogP contribution in [0.1, 0.15) is 29.1 Å². The number of benzene rings is 2. The van der Waals surface area contributed by atoms with Crippen molar-refractivity contribution in [3.8, 4) is 0 Å². The number of esters is 1. The van der Waals surface area contributed by atoms with Crippen LogP contribution in [0.2, 0.25) is 0 Å². The molecular weight excluding hydrogens is 390 g/mol. The summed E-state index contributed by atoms with van der Waals surface area (Å²) in [4.78, 5) is 24.5. The van der Waals surface area contributed by atoms with Crippen molar-refractivity contribution in [2.75, 3.05) is 6.61 Å². The molecule has 0 saturated carbocycles. The van der Waals surface area contributed by atoms with Gasteiger partial charge in [-0.25, -0.2) is 4.79 Å². The summed E-state index contributed by atoms with van der Waals surface area (Å²) in [5.74, 6) is -0.983. The van der Waals surface area contributed by atoms with E-state index in [9.17, 15) is 14.7 Å². The molecule has 2 aromatic carbocycles. The van der Waals surface area contributed by atoms with Gasteiger partial charge in [-0.1, -0.05) is 48.5 Å². The lowest BCUT2D eigenvalue weighted by molar-refractivity contribution is -0.337. The van der Waals surface area contributed by atoms with E-state index < -0.39 is 48.8 Å². The van der Waals surface area contributed by atoms with Gasteiger partial charge in [-0.2, -0.15) is 0 Å². The van der Waals surface area contributed by atoms with Crippen LogP contribution in [0, 0.1) is 0 Å². The second-order valence-electron chi connectivity index (χ2n) is 7.20. The average Bonchev–Trinajstić information content (AvgIpc) is 2.77. The fourth-order valence-corrected chi connectivity index (χ4v) is 3.66. The minimum atomic E-state index is -1.39. The molecular formula is C22H23NO7. The van der Waals surface area contributed by atoms with Crippen molar-refractivity contribution in [3.05, 3.63) is 71.8 Å². The number of rotatable bonds is 4. The molecule has 2 aromatic rings. The molecule has 2 heterocycles. The van der Waals surface area contributed by atoms with E-state index >= 15 is 0 Å². The highest BCUT2D eigenvalue weighted by Gasteiger charge is 2.52. The molecule has 6 atom stereocenters. The number of carbonyl (C=O) groups excluding carboxylic acids is 2. The molecule has 0 bridgehead atoms. The Kier molecular flexibility index (Phi) is 6.10. The van der Waals surface area contributed by atoms with Crippen molar-refractivity contribution in [1.29, 1.82) is 0 Å². The predicted octanol–water partition coefficient (Wildman–Crippen LogP) is 1.55. The first kappa shape index (κ1) is 20.5. The highest BCUT2D eigenvalue weighted by Crippen LogP contribution is 2.35. The minimum Gasteiger partial charge on any atom is -0.453 e. The largest absolute Gasteiger partial charge is 0.453 e. The number of fused-ring (bicyclic) bond motifs is 1. The fourth-order valence-electron chi connectivity index (χ4n) is 3.66. The Bertz CT molecular complexity index is 876. The van der Waals surface area contributed by atoms with E-state index in [1.807, 2.05) is 30.3 Å². The van der Waals surface area contributed by atoms with Crippen molar-refractivity contribution >= 4 is 11.9 Å². The summed E-state index contributed by atoms with van der Waals surface area (Å²) in [6.45, 7) is 1.44. The van der Waals surface area contributed by atoms with Crippen LogP contribution in [-0.4, -0.2) is 54.2 Å². The number of aliphatic hydroxyl groups is 1. The SMILES string of the molecule is CC(=O)N[C@@H]1[C@@H](OC(=O)c2ccccc2)[C@@H]2O[C@H](c3ccccc3)OC[C@H]2O[C@@H]1O. The minimum absolute atomic E-state index is 0.132. The van der Waals surface area contributed by atoms with Gasteiger partial charge >= 0.3 is 5.97 Å². The average molecular weight is 413 g/mol. The number of aliphatic hydroxyl groups excluding tert-OH is 1. The van der Waals surface area contributed by atoms with Gasteiger partial charge in [0.25, 0.3) is 0 Å². The molecule has 0 spiro atoms. The van der Waals surface area contributed by atoms with Gasteiger partial charge in [-0.05, 0) is 12.1 Å². The Morgan fingerprint density at radius 3 is 2.37 bits per heavy atom. The summed E-state index contributed by atoms with van der Waals surface area (Å²) in [7, 11) is 0. The van der Waals surface area contributed by atoms with Gasteiger partial charge in [0.05, 0.1) is 12.2 Å². The summed E-state index contributed by atoms with van der Waals surface area (Å²) in [6.07, 6.45) is -4.48. The molecule has 0 radical (unpaired) electrons. The van der Waals surface area contributed by atoms with E-state index in [1.165, 1.54) is 6.92 Å². The van der Waals surface area contributed by atoms with Crippen LogP contribution in [0.3, 0.4) is 0 Å².